The summed E-state index contributed by atoms with van der Waals surface area (Å²) in [7, 11) is -3.12. The summed E-state index contributed by atoms with van der Waals surface area (Å²) in [4.78, 5) is 13.9. The number of ether oxygens (including phenoxy) is 1. The number of rotatable bonds is 6. The highest BCUT2D eigenvalue weighted by Crippen LogP contribution is 2.22. The number of nitrogens with two attached hydrogens (primary N) is 1. The van der Waals surface area contributed by atoms with Crippen LogP contribution in [0.1, 0.15) is 12.8 Å². The Hall–Kier alpha value is -1.31. The number of carbonyl (C=O) groups excluding carboxylic acids is 1. The number of hydrogen-bond donors (Lipinski definition) is 1. The molecule has 1 aliphatic rings. The Balaban J connectivity index is 1.85. The normalized spacial score (nSPS) is 19.6. The van der Waals surface area contributed by atoms with Crippen LogP contribution in [-0.4, -0.2) is 56.5 Å². The molecular formula is C15H21ClN2O4S. The maximum absolute atomic E-state index is 12.2. The van der Waals surface area contributed by atoms with Gasteiger partial charge < -0.3 is 15.4 Å². The molecule has 2 rings (SSSR count). The van der Waals surface area contributed by atoms with Gasteiger partial charge in [0.25, 0.3) is 0 Å². The van der Waals surface area contributed by atoms with Crippen molar-refractivity contribution in [2.75, 3.05) is 25.1 Å². The lowest BCUT2D eigenvalue weighted by molar-refractivity contribution is -0.131. The number of nitrogens with zero attached hydrogens (tertiary/aromatic N) is 1. The third-order valence-electron chi connectivity index (χ3n) is 3.67. The number of carbonyl (C=O) groups is 1. The second-order valence-corrected chi connectivity index (χ2v) is 8.49. The molecule has 0 saturated carbocycles. The van der Waals surface area contributed by atoms with Crippen molar-refractivity contribution in [3.8, 4) is 5.75 Å². The summed E-state index contributed by atoms with van der Waals surface area (Å²) < 4.78 is 28.1. The van der Waals surface area contributed by atoms with Gasteiger partial charge in [-0.3, -0.25) is 4.79 Å². The van der Waals surface area contributed by atoms with Crippen LogP contribution in [0.25, 0.3) is 0 Å². The van der Waals surface area contributed by atoms with Crippen LogP contribution in [0.4, 0.5) is 0 Å². The van der Waals surface area contributed by atoms with E-state index in [-0.39, 0.29) is 24.2 Å². The fourth-order valence-electron chi connectivity index (χ4n) is 2.46. The Morgan fingerprint density at radius 1 is 1.52 bits per heavy atom. The van der Waals surface area contributed by atoms with E-state index in [0.717, 1.165) is 6.26 Å². The first-order valence-corrected chi connectivity index (χ1v) is 9.83. The SMILES string of the molecule is CS(=O)(=O)CC[C@@H](N)C(=O)N1CC[C@@H](Oc2cccc(Cl)c2)C1. The molecule has 1 aromatic rings. The van der Waals surface area contributed by atoms with Gasteiger partial charge in [0.15, 0.2) is 0 Å². The van der Waals surface area contributed by atoms with Gasteiger partial charge in [-0.15, -0.1) is 0 Å². The van der Waals surface area contributed by atoms with E-state index in [1.54, 1.807) is 23.1 Å². The van der Waals surface area contributed by atoms with Gasteiger partial charge in [0.2, 0.25) is 5.91 Å². The van der Waals surface area contributed by atoms with Crippen molar-refractivity contribution in [2.24, 2.45) is 5.73 Å². The Kier molecular flexibility index (Phi) is 5.89. The van der Waals surface area contributed by atoms with Crippen molar-refractivity contribution >= 4 is 27.3 Å². The summed E-state index contributed by atoms with van der Waals surface area (Å²) in [6, 6.07) is 6.31. The number of hydrogen-bond acceptors (Lipinski definition) is 5. The van der Waals surface area contributed by atoms with Gasteiger partial charge in [0.05, 0.1) is 18.3 Å². The van der Waals surface area contributed by atoms with E-state index in [1.807, 2.05) is 6.07 Å². The maximum atomic E-state index is 12.2. The minimum atomic E-state index is -3.12. The fraction of sp³-hybridized carbons (Fsp3) is 0.533. The van der Waals surface area contributed by atoms with Crippen molar-refractivity contribution in [1.29, 1.82) is 0 Å². The Morgan fingerprint density at radius 2 is 2.26 bits per heavy atom. The second kappa shape index (κ2) is 7.51. The Labute approximate surface area is 141 Å². The zero-order chi connectivity index (χ0) is 17.0. The molecule has 1 aromatic carbocycles. The first-order chi connectivity index (χ1) is 10.7. The van der Waals surface area contributed by atoms with Gasteiger partial charge in [-0.25, -0.2) is 8.42 Å². The first kappa shape index (κ1) is 18.0. The van der Waals surface area contributed by atoms with Crippen molar-refractivity contribution in [2.45, 2.75) is 25.0 Å². The van der Waals surface area contributed by atoms with Gasteiger partial charge >= 0.3 is 0 Å². The number of sulfone groups is 1. The van der Waals surface area contributed by atoms with E-state index >= 15 is 0 Å². The fourth-order valence-corrected chi connectivity index (χ4v) is 3.32. The molecule has 6 nitrogen and oxygen atoms in total. The highest BCUT2D eigenvalue weighted by Gasteiger charge is 2.30. The lowest BCUT2D eigenvalue weighted by Crippen LogP contribution is -2.44. The molecule has 1 saturated heterocycles. The van der Waals surface area contributed by atoms with Crippen LogP contribution in [-0.2, 0) is 14.6 Å². The van der Waals surface area contributed by atoms with Crippen LogP contribution in [0.15, 0.2) is 24.3 Å². The van der Waals surface area contributed by atoms with E-state index in [0.29, 0.717) is 30.3 Å². The van der Waals surface area contributed by atoms with Crippen LogP contribution in [0.3, 0.4) is 0 Å². The molecule has 23 heavy (non-hydrogen) atoms. The van der Waals surface area contributed by atoms with Crippen LogP contribution >= 0.6 is 11.6 Å². The van der Waals surface area contributed by atoms with Crippen LogP contribution in [0.2, 0.25) is 5.02 Å². The molecule has 1 aliphatic heterocycles. The third kappa shape index (κ3) is 5.67. The van der Waals surface area contributed by atoms with Crippen LogP contribution in [0, 0.1) is 0 Å². The summed E-state index contributed by atoms with van der Waals surface area (Å²) in [5.41, 5.74) is 5.81. The summed E-state index contributed by atoms with van der Waals surface area (Å²) >= 11 is 5.91. The predicted octanol–water partition coefficient (Wildman–Crippen LogP) is 1.08. The summed E-state index contributed by atoms with van der Waals surface area (Å²) in [6.07, 6.45) is 1.86. The van der Waals surface area contributed by atoms with E-state index in [4.69, 9.17) is 22.1 Å². The van der Waals surface area contributed by atoms with Crippen LogP contribution < -0.4 is 10.5 Å². The standard InChI is InChI=1S/C15H21ClN2O4S/c1-23(20,21)8-6-14(17)15(19)18-7-5-13(10-18)22-12-4-2-3-11(16)9-12/h2-4,9,13-14H,5-8,10,17H2,1H3/t13-,14-/m1/s1. The van der Waals surface area contributed by atoms with E-state index in [9.17, 15) is 13.2 Å². The van der Waals surface area contributed by atoms with E-state index in [1.165, 1.54) is 0 Å². The van der Waals surface area contributed by atoms with E-state index in [2.05, 4.69) is 0 Å². The Bertz CT molecular complexity index is 665. The molecule has 1 fully saturated rings. The van der Waals surface area contributed by atoms with Gasteiger partial charge in [0.1, 0.15) is 21.7 Å². The van der Waals surface area contributed by atoms with Gasteiger partial charge in [-0.1, -0.05) is 17.7 Å². The molecule has 2 atom stereocenters. The molecule has 0 spiro atoms. The molecule has 8 heteroatoms. The highest BCUT2D eigenvalue weighted by molar-refractivity contribution is 7.90. The second-order valence-electron chi connectivity index (χ2n) is 5.80. The summed E-state index contributed by atoms with van der Waals surface area (Å²) in [5.74, 6) is 0.347. The minimum Gasteiger partial charge on any atom is -0.488 e. The molecule has 0 aromatic heterocycles. The highest BCUT2D eigenvalue weighted by atomic mass is 35.5. The number of benzene rings is 1. The lowest BCUT2D eigenvalue weighted by Gasteiger charge is -2.21. The van der Waals surface area contributed by atoms with Gasteiger partial charge in [-0.05, 0) is 24.6 Å². The third-order valence-corrected chi connectivity index (χ3v) is 4.88. The lowest BCUT2D eigenvalue weighted by atomic mass is 10.2. The molecule has 0 radical (unpaired) electrons. The monoisotopic (exact) mass is 360 g/mol. The summed E-state index contributed by atoms with van der Waals surface area (Å²) in [5, 5.41) is 0.594. The molecule has 0 bridgehead atoms. The molecule has 1 amide bonds. The predicted molar refractivity (Wildman–Crippen MR) is 89.4 cm³/mol. The Morgan fingerprint density at radius 3 is 2.91 bits per heavy atom. The quantitative estimate of drug-likeness (QED) is 0.819. The zero-order valence-electron chi connectivity index (χ0n) is 12.9. The average Bonchev–Trinajstić information content (AvgIpc) is 2.91. The molecule has 0 aliphatic carbocycles. The van der Waals surface area contributed by atoms with Gasteiger partial charge in [0, 0.05) is 24.2 Å². The molecule has 1 heterocycles. The van der Waals surface area contributed by atoms with Gasteiger partial charge in [-0.2, -0.15) is 0 Å². The van der Waals surface area contributed by atoms with Crippen molar-refractivity contribution < 1.29 is 17.9 Å². The smallest absolute Gasteiger partial charge is 0.239 e. The average molecular weight is 361 g/mol. The molecular weight excluding hydrogens is 340 g/mol. The molecule has 2 N–H and O–H groups in total. The number of likely N-dealkylation sites (tertiary alicyclic amines) is 1. The molecule has 128 valence electrons. The zero-order valence-corrected chi connectivity index (χ0v) is 14.5. The first-order valence-electron chi connectivity index (χ1n) is 7.39. The maximum Gasteiger partial charge on any atom is 0.239 e. The number of amides is 1. The van der Waals surface area contributed by atoms with Crippen LogP contribution in [0.5, 0.6) is 5.75 Å². The van der Waals surface area contributed by atoms with Crippen molar-refractivity contribution in [1.82, 2.24) is 4.90 Å². The minimum absolute atomic E-state index is 0.0871. The number of halogens is 1. The topological polar surface area (TPSA) is 89.7 Å². The molecule has 0 unspecified atom stereocenters. The largest absolute Gasteiger partial charge is 0.488 e. The van der Waals surface area contributed by atoms with E-state index < -0.39 is 15.9 Å². The van der Waals surface area contributed by atoms with Crippen molar-refractivity contribution in [3.05, 3.63) is 29.3 Å². The summed E-state index contributed by atoms with van der Waals surface area (Å²) in [6.45, 7) is 0.995. The van der Waals surface area contributed by atoms with Crippen molar-refractivity contribution in [3.63, 3.8) is 0 Å².